The number of aromatic nitrogens is 1. The lowest BCUT2D eigenvalue weighted by atomic mass is 9.94. The third-order valence-electron chi connectivity index (χ3n) is 3.93. The topological polar surface area (TPSA) is 50.9 Å². The number of benzene rings is 1. The number of pyridine rings is 1. The molecule has 0 amide bonds. The summed E-state index contributed by atoms with van der Waals surface area (Å²) in [5.41, 5.74) is 8.34. The second-order valence-corrected chi connectivity index (χ2v) is 5.27. The fourth-order valence-electron chi connectivity index (χ4n) is 2.16. The third kappa shape index (κ3) is 3.04. The summed E-state index contributed by atoms with van der Waals surface area (Å²) in [7, 11) is 0. The molecule has 3 heteroatoms. The Bertz CT molecular complexity index is 559. The van der Waals surface area contributed by atoms with E-state index in [9.17, 15) is 0 Å². The van der Waals surface area contributed by atoms with Gasteiger partial charge in [-0.2, -0.15) is 0 Å². The average Bonchev–Trinajstić information content (AvgIpc) is 2.44. The molecule has 0 aliphatic rings. The van der Waals surface area contributed by atoms with Crippen molar-refractivity contribution in [3.05, 3.63) is 35.9 Å². The van der Waals surface area contributed by atoms with Crippen molar-refractivity contribution in [1.29, 1.82) is 0 Å². The van der Waals surface area contributed by atoms with E-state index in [0.717, 1.165) is 36.3 Å². The molecule has 0 fully saturated rings. The van der Waals surface area contributed by atoms with Gasteiger partial charge in [0.25, 0.3) is 0 Å². The number of anilines is 1. The molecule has 1 aromatic carbocycles. The minimum Gasteiger partial charge on any atom is -0.368 e. The van der Waals surface area contributed by atoms with Gasteiger partial charge in [0.1, 0.15) is 5.82 Å². The molecule has 0 atom stereocenters. The summed E-state index contributed by atoms with van der Waals surface area (Å²) >= 11 is 0. The maximum atomic E-state index is 6.32. The molecule has 0 saturated heterocycles. The van der Waals surface area contributed by atoms with Crippen LogP contribution in [-0.4, -0.2) is 17.1 Å². The van der Waals surface area contributed by atoms with Crippen molar-refractivity contribution in [2.45, 2.75) is 39.2 Å². The van der Waals surface area contributed by atoms with Gasteiger partial charge in [0, 0.05) is 17.5 Å². The second kappa shape index (κ2) is 5.57. The Hall–Kier alpha value is -1.61. The predicted octanol–water partition coefficient (Wildman–Crippen LogP) is 3.47. The zero-order chi connectivity index (χ0) is 13.9. The smallest absolute Gasteiger partial charge is 0.129 e. The first-order valence-corrected chi connectivity index (χ1v) is 6.97. The van der Waals surface area contributed by atoms with Crippen molar-refractivity contribution in [3.8, 4) is 0 Å². The minimum atomic E-state index is -0.153. The number of hydrogen-bond donors (Lipinski definition) is 2. The quantitative estimate of drug-likeness (QED) is 0.862. The monoisotopic (exact) mass is 257 g/mol. The normalized spacial score (nSPS) is 11.8. The van der Waals surface area contributed by atoms with E-state index in [1.54, 1.807) is 0 Å². The summed E-state index contributed by atoms with van der Waals surface area (Å²) in [5.74, 6) is 0.940. The molecule has 0 spiro atoms. The molecule has 2 rings (SSSR count). The highest BCUT2D eigenvalue weighted by atomic mass is 15.0. The average molecular weight is 257 g/mol. The lowest BCUT2D eigenvalue weighted by Gasteiger charge is -2.27. The van der Waals surface area contributed by atoms with E-state index in [1.165, 1.54) is 5.39 Å². The van der Waals surface area contributed by atoms with Crippen LogP contribution in [0.25, 0.3) is 10.9 Å². The summed E-state index contributed by atoms with van der Waals surface area (Å²) in [4.78, 5) is 4.68. The van der Waals surface area contributed by atoms with Crippen LogP contribution in [0.1, 0.15) is 32.3 Å². The largest absolute Gasteiger partial charge is 0.368 e. The first-order valence-electron chi connectivity index (χ1n) is 6.97. The first-order chi connectivity index (χ1) is 9.08. The predicted molar refractivity (Wildman–Crippen MR) is 82.5 cm³/mol. The van der Waals surface area contributed by atoms with Crippen LogP contribution in [0, 0.1) is 6.92 Å². The van der Waals surface area contributed by atoms with Crippen LogP contribution >= 0.6 is 0 Å². The van der Waals surface area contributed by atoms with Gasteiger partial charge in [0.05, 0.1) is 5.52 Å². The number of rotatable bonds is 5. The zero-order valence-electron chi connectivity index (χ0n) is 12.0. The lowest BCUT2D eigenvalue weighted by Crippen LogP contribution is -2.45. The van der Waals surface area contributed by atoms with E-state index in [1.807, 2.05) is 18.2 Å². The van der Waals surface area contributed by atoms with E-state index in [4.69, 9.17) is 5.73 Å². The van der Waals surface area contributed by atoms with Crippen molar-refractivity contribution in [3.63, 3.8) is 0 Å². The van der Waals surface area contributed by atoms with Crippen LogP contribution in [0.5, 0.6) is 0 Å². The maximum absolute atomic E-state index is 6.32. The van der Waals surface area contributed by atoms with E-state index in [-0.39, 0.29) is 5.54 Å². The molecule has 1 aromatic heterocycles. The second-order valence-electron chi connectivity index (χ2n) is 5.27. The highest BCUT2D eigenvalue weighted by Crippen LogP contribution is 2.20. The van der Waals surface area contributed by atoms with Gasteiger partial charge in [-0.1, -0.05) is 32.0 Å². The Balaban J connectivity index is 2.23. The van der Waals surface area contributed by atoms with Crippen LogP contribution in [-0.2, 0) is 0 Å². The SMILES string of the molecule is CCC(N)(CC)CNc1nc2ccccc2cc1C. The van der Waals surface area contributed by atoms with Crippen molar-refractivity contribution in [1.82, 2.24) is 4.98 Å². The van der Waals surface area contributed by atoms with Gasteiger partial charge in [-0.25, -0.2) is 4.98 Å². The molecule has 0 aliphatic heterocycles. The number of para-hydroxylation sites is 1. The summed E-state index contributed by atoms with van der Waals surface area (Å²) in [5, 5.41) is 4.59. The number of hydrogen-bond acceptors (Lipinski definition) is 3. The van der Waals surface area contributed by atoms with E-state index < -0.39 is 0 Å². The highest BCUT2D eigenvalue weighted by Gasteiger charge is 2.20. The van der Waals surface area contributed by atoms with E-state index in [2.05, 4.69) is 43.2 Å². The summed E-state index contributed by atoms with van der Waals surface area (Å²) in [6.07, 6.45) is 1.92. The van der Waals surface area contributed by atoms with Crippen LogP contribution in [0.2, 0.25) is 0 Å². The molecule has 3 nitrogen and oxygen atoms in total. The maximum Gasteiger partial charge on any atom is 0.129 e. The molecular weight excluding hydrogens is 234 g/mol. The fraction of sp³-hybridized carbons (Fsp3) is 0.438. The Kier molecular flexibility index (Phi) is 4.05. The first kappa shape index (κ1) is 13.8. The Labute approximate surface area is 115 Å². The van der Waals surface area contributed by atoms with Crippen LogP contribution < -0.4 is 11.1 Å². The van der Waals surface area contributed by atoms with E-state index >= 15 is 0 Å². The molecule has 0 aliphatic carbocycles. The van der Waals surface area contributed by atoms with Crippen molar-refractivity contribution in [2.24, 2.45) is 5.73 Å². The van der Waals surface area contributed by atoms with Crippen LogP contribution in [0.3, 0.4) is 0 Å². The molecule has 19 heavy (non-hydrogen) atoms. The molecule has 0 radical (unpaired) electrons. The van der Waals surface area contributed by atoms with Crippen molar-refractivity contribution >= 4 is 16.7 Å². The van der Waals surface area contributed by atoms with Crippen molar-refractivity contribution < 1.29 is 0 Å². The zero-order valence-corrected chi connectivity index (χ0v) is 12.0. The highest BCUT2D eigenvalue weighted by molar-refractivity contribution is 5.81. The molecule has 1 heterocycles. The lowest BCUT2D eigenvalue weighted by molar-refractivity contribution is 0.418. The van der Waals surface area contributed by atoms with Crippen molar-refractivity contribution in [2.75, 3.05) is 11.9 Å². The molecular formula is C16H23N3. The summed E-state index contributed by atoms with van der Waals surface area (Å²) in [6.45, 7) is 7.10. The minimum absolute atomic E-state index is 0.153. The Morgan fingerprint density at radius 3 is 2.58 bits per heavy atom. The fourth-order valence-corrected chi connectivity index (χ4v) is 2.16. The van der Waals surface area contributed by atoms with E-state index in [0.29, 0.717) is 0 Å². The van der Waals surface area contributed by atoms with Gasteiger partial charge < -0.3 is 11.1 Å². The van der Waals surface area contributed by atoms with Gasteiger partial charge in [0.2, 0.25) is 0 Å². The molecule has 0 unspecified atom stereocenters. The number of nitrogens with one attached hydrogen (secondary N) is 1. The van der Waals surface area contributed by atoms with Gasteiger partial charge in [-0.3, -0.25) is 0 Å². The summed E-state index contributed by atoms with van der Waals surface area (Å²) < 4.78 is 0. The van der Waals surface area contributed by atoms with Crippen LogP contribution in [0.15, 0.2) is 30.3 Å². The number of aryl methyl sites for hydroxylation is 1. The number of fused-ring (bicyclic) bond motifs is 1. The molecule has 2 aromatic rings. The van der Waals surface area contributed by atoms with Gasteiger partial charge in [0.15, 0.2) is 0 Å². The number of nitrogens with zero attached hydrogens (tertiary/aromatic N) is 1. The Morgan fingerprint density at radius 2 is 1.89 bits per heavy atom. The molecule has 102 valence electrons. The van der Waals surface area contributed by atoms with Crippen LogP contribution in [0.4, 0.5) is 5.82 Å². The number of nitrogens with two attached hydrogens (primary N) is 1. The van der Waals surface area contributed by atoms with Gasteiger partial charge in [-0.05, 0) is 37.5 Å². The molecule has 0 bridgehead atoms. The summed E-state index contributed by atoms with van der Waals surface area (Å²) in [6, 6.07) is 10.3. The van der Waals surface area contributed by atoms with Gasteiger partial charge in [-0.15, -0.1) is 0 Å². The van der Waals surface area contributed by atoms with Gasteiger partial charge >= 0.3 is 0 Å². The molecule has 0 saturated carbocycles. The third-order valence-corrected chi connectivity index (χ3v) is 3.93. The standard InChI is InChI=1S/C16H23N3/c1-4-16(17,5-2)11-18-15-12(3)10-13-8-6-7-9-14(13)19-15/h6-10H,4-5,11,17H2,1-3H3,(H,18,19). The Morgan fingerprint density at radius 1 is 1.21 bits per heavy atom. The molecule has 3 N–H and O–H groups in total.